The largest absolute Gasteiger partial charge is 0.351 e. The summed E-state index contributed by atoms with van der Waals surface area (Å²) in [6.07, 6.45) is 8.76. The van der Waals surface area contributed by atoms with E-state index in [0.29, 0.717) is 0 Å². The van der Waals surface area contributed by atoms with Gasteiger partial charge in [0.05, 0.1) is 0 Å². The molecule has 1 aromatic rings. The van der Waals surface area contributed by atoms with Gasteiger partial charge in [-0.15, -0.1) is 0 Å². The maximum absolute atomic E-state index is 2.38. The number of rotatable bonds is 6. The van der Waals surface area contributed by atoms with Crippen molar-refractivity contribution >= 4 is 0 Å². The van der Waals surface area contributed by atoms with Crippen LogP contribution in [0.1, 0.15) is 45.2 Å². The molecule has 0 atom stereocenters. The Morgan fingerprint density at radius 1 is 1.15 bits per heavy atom. The summed E-state index contributed by atoms with van der Waals surface area (Å²) in [6.45, 7) is 5.68. The number of aromatic nitrogens is 1. The molecule has 0 aliphatic carbocycles. The van der Waals surface area contributed by atoms with E-state index in [1.165, 1.54) is 37.9 Å². The minimum Gasteiger partial charge on any atom is -0.351 e. The summed E-state index contributed by atoms with van der Waals surface area (Å²) in [7, 11) is 0. The molecule has 0 fully saturated rings. The summed E-state index contributed by atoms with van der Waals surface area (Å²) in [4.78, 5) is 0. The van der Waals surface area contributed by atoms with Crippen molar-refractivity contribution < 1.29 is 0 Å². The second-order valence-electron chi connectivity index (χ2n) is 3.61. The Morgan fingerprint density at radius 2 is 2.00 bits per heavy atom. The first-order chi connectivity index (χ1) is 6.38. The van der Waals surface area contributed by atoms with Crippen molar-refractivity contribution in [1.82, 2.24) is 4.57 Å². The van der Waals surface area contributed by atoms with Crippen molar-refractivity contribution in [3.05, 3.63) is 24.0 Å². The standard InChI is InChI=1S/C12H21N/c1-3-5-6-7-10-13-11-8-9-12(13)4-2/h8-9,11H,3-7,10H2,1-2H3. The third kappa shape index (κ3) is 3.25. The van der Waals surface area contributed by atoms with E-state index in [-0.39, 0.29) is 0 Å². The van der Waals surface area contributed by atoms with Gasteiger partial charge in [0.1, 0.15) is 0 Å². The molecule has 1 aromatic heterocycles. The van der Waals surface area contributed by atoms with E-state index in [0.717, 1.165) is 6.42 Å². The lowest BCUT2D eigenvalue weighted by atomic mass is 10.2. The molecule has 0 aromatic carbocycles. The van der Waals surface area contributed by atoms with Crippen LogP contribution in [0.2, 0.25) is 0 Å². The Bertz CT molecular complexity index is 225. The highest BCUT2D eigenvalue weighted by atomic mass is 15.0. The summed E-state index contributed by atoms with van der Waals surface area (Å²) < 4.78 is 2.38. The topological polar surface area (TPSA) is 4.93 Å². The molecule has 1 nitrogen and oxygen atoms in total. The highest BCUT2D eigenvalue weighted by molar-refractivity contribution is 5.06. The van der Waals surface area contributed by atoms with Crippen LogP contribution >= 0.6 is 0 Å². The zero-order chi connectivity index (χ0) is 9.52. The second kappa shape index (κ2) is 5.85. The van der Waals surface area contributed by atoms with Crippen LogP contribution in [0.3, 0.4) is 0 Å². The predicted octanol–water partition coefficient (Wildman–Crippen LogP) is 3.63. The van der Waals surface area contributed by atoms with Gasteiger partial charge in [0.25, 0.3) is 0 Å². The predicted molar refractivity (Wildman–Crippen MR) is 58.0 cm³/mol. The van der Waals surface area contributed by atoms with E-state index in [1.54, 1.807) is 0 Å². The number of hydrogen-bond donors (Lipinski definition) is 0. The second-order valence-corrected chi connectivity index (χ2v) is 3.61. The van der Waals surface area contributed by atoms with Crippen LogP contribution in [0, 0.1) is 0 Å². The molecule has 0 N–H and O–H groups in total. The Hall–Kier alpha value is -0.720. The molecule has 0 aliphatic heterocycles. The third-order valence-electron chi connectivity index (χ3n) is 2.54. The fourth-order valence-electron chi connectivity index (χ4n) is 1.70. The minimum absolute atomic E-state index is 1.15. The van der Waals surface area contributed by atoms with Gasteiger partial charge in [-0.25, -0.2) is 0 Å². The Kier molecular flexibility index (Phi) is 4.66. The molecule has 1 rings (SSSR count). The molecular formula is C12H21N. The molecule has 0 unspecified atom stereocenters. The van der Waals surface area contributed by atoms with Gasteiger partial charge < -0.3 is 4.57 Å². The SMILES string of the molecule is CCCCCCn1cccc1CC. The van der Waals surface area contributed by atoms with E-state index < -0.39 is 0 Å². The maximum Gasteiger partial charge on any atom is 0.0222 e. The average Bonchev–Trinajstić information content (AvgIpc) is 2.60. The highest BCUT2D eigenvalue weighted by Crippen LogP contribution is 2.07. The van der Waals surface area contributed by atoms with Crippen LogP contribution in [0.25, 0.3) is 0 Å². The van der Waals surface area contributed by atoms with Crippen LogP contribution in [0.5, 0.6) is 0 Å². The molecule has 74 valence electrons. The maximum atomic E-state index is 2.38. The Balaban J connectivity index is 2.27. The van der Waals surface area contributed by atoms with Crippen LogP contribution in [-0.2, 0) is 13.0 Å². The number of nitrogens with zero attached hydrogens (tertiary/aromatic N) is 1. The molecule has 0 radical (unpaired) electrons. The summed E-state index contributed by atoms with van der Waals surface area (Å²) >= 11 is 0. The van der Waals surface area contributed by atoms with Gasteiger partial charge in [0.2, 0.25) is 0 Å². The molecule has 0 bridgehead atoms. The molecule has 0 amide bonds. The fourth-order valence-corrected chi connectivity index (χ4v) is 1.70. The highest BCUT2D eigenvalue weighted by Gasteiger charge is 1.96. The minimum atomic E-state index is 1.15. The molecule has 1 heterocycles. The number of hydrogen-bond acceptors (Lipinski definition) is 0. The number of unbranched alkanes of at least 4 members (excludes halogenated alkanes) is 3. The molecule has 0 spiro atoms. The fraction of sp³-hybridized carbons (Fsp3) is 0.667. The number of aryl methyl sites for hydroxylation is 2. The van der Waals surface area contributed by atoms with Crippen molar-refractivity contribution in [1.29, 1.82) is 0 Å². The van der Waals surface area contributed by atoms with E-state index in [9.17, 15) is 0 Å². The lowest BCUT2D eigenvalue weighted by molar-refractivity contribution is 0.571. The molecular weight excluding hydrogens is 158 g/mol. The van der Waals surface area contributed by atoms with Crippen LogP contribution in [0.15, 0.2) is 18.3 Å². The van der Waals surface area contributed by atoms with Crippen molar-refractivity contribution in [2.24, 2.45) is 0 Å². The van der Waals surface area contributed by atoms with E-state index in [2.05, 4.69) is 36.7 Å². The quantitative estimate of drug-likeness (QED) is 0.588. The lowest BCUT2D eigenvalue weighted by Gasteiger charge is -2.06. The van der Waals surface area contributed by atoms with Crippen LogP contribution in [-0.4, -0.2) is 4.57 Å². The molecule has 0 saturated heterocycles. The van der Waals surface area contributed by atoms with E-state index in [4.69, 9.17) is 0 Å². The average molecular weight is 179 g/mol. The van der Waals surface area contributed by atoms with Gasteiger partial charge in [-0.05, 0) is 25.0 Å². The lowest BCUT2D eigenvalue weighted by Crippen LogP contribution is -2.00. The summed E-state index contributed by atoms with van der Waals surface area (Å²) in [5.41, 5.74) is 1.47. The Labute approximate surface area is 81.8 Å². The first kappa shape index (κ1) is 10.4. The van der Waals surface area contributed by atoms with Gasteiger partial charge in [0, 0.05) is 18.4 Å². The summed E-state index contributed by atoms with van der Waals surface area (Å²) in [6, 6.07) is 4.37. The van der Waals surface area contributed by atoms with Crippen LogP contribution < -0.4 is 0 Å². The smallest absolute Gasteiger partial charge is 0.0222 e. The first-order valence-electron chi connectivity index (χ1n) is 5.52. The van der Waals surface area contributed by atoms with Gasteiger partial charge in [-0.1, -0.05) is 33.1 Å². The normalized spacial score (nSPS) is 10.6. The van der Waals surface area contributed by atoms with Gasteiger partial charge in [0.15, 0.2) is 0 Å². The third-order valence-corrected chi connectivity index (χ3v) is 2.54. The Morgan fingerprint density at radius 3 is 2.69 bits per heavy atom. The molecule has 13 heavy (non-hydrogen) atoms. The molecule has 1 heteroatoms. The first-order valence-corrected chi connectivity index (χ1v) is 5.52. The van der Waals surface area contributed by atoms with Crippen molar-refractivity contribution in [2.75, 3.05) is 0 Å². The van der Waals surface area contributed by atoms with E-state index >= 15 is 0 Å². The zero-order valence-corrected chi connectivity index (χ0v) is 8.92. The zero-order valence-electron chi connectivity index (χ0n) is 8.92. The summed E-state index contributed by atoms with van der Waals surface area (Å²) in [5.74, 6) is 0. The monoisotopic (exact) mass is 179 g/mol. The van der Waals surface area contributed by atoms with E-state index in [1.807, 2.05) is 0 Å². The summed E-state index contributed by atoms with van der Waals surface area (Å²) in [5, 5.41) is 0. The van der Waals surface area contributed by atoms with Crippen molar-refractivity contribution in [3.8, 4) is 0 Å². The van der Waals surface area contributed by atoms with Crippen molar-refractivity contribution in [3.63, 3.8) is 0 Å². The molecule has 0 saturated carbocycles. The van der Waals surface area contributed by atoms with Gasteiger partial charge >= 0.3 is 0 Å². The van der Waals surface area contributed by atoms with Gasteiger partial charge in [-0.3, -0.25) is 0 Å². The van der Waals surface area contributed by atoms with Gasteiger partial charge in [-0.2, -0.15) is 0 Å². The molecule has 0 aliphatic rings. The van der Waals surface area contributed by atoms with Crippen LogP contribution in [0.4, 0.5) is 0 Å². The van der Waals surface area contributed by atoms with Crippen molar-refractivity contribution in [2.45, 2.75) is 52.5 Å².